The second kappa shape index (κ2) is 8.30. The molecule has 0 saturated heterocycles. The lowest BCUT2D eigenvalue weighted by atomic mass is 10.0. The number of hydrogen-bond acceptors (Lipinski definition) is 2. The highest BCUT2D eigenvalue weighted by molar-refractivity contribution is 6.27. The molecule has 0 spiro atoms. The maximum atomic E-state index is 4.86. The molecular weight excluding hydrogens is 526 g/mol. The zero-order valence-electron chi connectivity index (χ0n) is 23.0. The predicted molar refractivity (Wildman–Crippen MR) is 177 cm³/mol. The Morgan fingerprint density at radius 3 is 1.93 bits per heavy atom. The first kappa shape index (κ1) is 22.7. The minimum absolute atomic E-state index is 0.920. The lowest BCUT2D eigenvalue weighted by molar-refractivity contribution is 1.17. The van der Waals surface area contributed by atoms with Gasteiger partial charge in [-0.2, -0.15) is 0 Å². The molecule has 0 aliphatic heterocycles. The Labute approximate surface area is 245 Å². The number of hydrogen-bond donors (Lipinski definition) is 0. The molecule has 43 heavy (non-hydrogen) atoms. The van der Waals surface area contributed by atoms with Crippen molar-refractivity contribution in [2.45, 2.75) is 0 Å². The summed E-state index contributed by atoms with van der Waals surface area (Å²) in [5, 5.41) is 7.03. The summed E-state index contributed by atoms with van der Waals surface area (Å²) in [6.45, 7) is 0. The first-order valence-corrected chi connectivity index (χ1v) is 14.5. The van der Waals surface area contributed by atoms with Gasteiger partial charge in [-0.05, 0) is 66.7 Å². The molecule has 0 aliphatic rings. The Hall–Kier alpha value is -5.94. The van der Waals surface area contributed by atoms with E-state index in [9.17, 15) is 0 Å². The number of rotatable bonds is 2. The van der Waals surface area contributed by atoms with E-state index < -0.39 is 0 Å². The van der Waals surface area contributed by atoms with E-state index in [0.717, 1.165) is 44.3 Å². The van der Waals surface area contributed by atoms with Crippen molar-refractivity contribution in [2.24, 2.45) is 0 Å². The number of pyridine rings is 2. The summed E-state index contributed by atoms with van der Waals surface area (Å²) >= 11 is 0. The van der Waals surface area contributed by atoms with E-state index >= 15 is 0 Å². The zero-order chi connectivity index (χ0) is 28.1. The molecule has 200 valence electrons. The van der Waals surface area contributed by atoms with Crippen molar-refractivity contribution >= 4 is 71.1 Å². The van der Waals surface area contributed by atoms with Gasteiger partial charge in [-0.25, -0.2) is 4.98 Å². The average molecular weight is 550 g/mol. The van der Waals surface area contributed by atoms with Crippen LogP contribution in [0, 0.1) is 0 Å². The van der Waals surface area contributed by atoms with Crippen LogP contribution in [0.2, 0.25) is 0 Å². The van der Waals surface area contributed by atoms with Gasteiger partial charge in [0, 0.05) is 62.3 Å². The maximum Gasteiger partial charge on any atom is 0.146 e. The molecule has 10 rings (SSSR count). The average Bonchev–Trinajstić information content (AvgIpc) is 3.77. The Balaban J connectivity index is 1.50. The molecule has 0 fully saturated rings. The largest absolute Gasteiger partial charge is 0.309 e. The van der Waals surface area contributed by atoms with Crippen molar-refractivity contribution in [2.75, 3.05) is 0 Å². The van der Waals surface area contributed by atoms with E-state index in [4.69, 9.17) is 9.97 Å². The van der Waals surface area contributed by atoms with E-state index in [1.54, 1.807) is 0 Å². The fourth-order valence-electron chi connectivity index (χ4n) is 7.19. The van der Waals surface area contributed by atoms with Gasteiger partial charge in [0.05, 0.1) is 33.1 Å². The molecule has 0 saturated carbocycles. The molecule has 0 bridgehead atoms. The van der Waals surface area contributed by atoms with Gasteiger partial charge in [-0.15, -0.1) is 0 Å². The van der Waals surface area contributed by atoms with Crippen LogP contribution < -0.4 is 0 Å². The fourth-order valence-corrected chi connectivity index (χ4v) is 7.19. The van der Waals surface area contributed by atoms with Crippen LogP contribution in [-0.4, -0.2) is 23.5 Å². The van der Waals surface area contributed by atoms with Crippen LogP contribution in [-0.2, 0) is 0 Å². The summed E-state index contributed by atoms with van der Waals surface area (Å²) in [6.07, 6.45) is 5.84. The first-order chi connectivity index (χ1) is 21.4. The quantitative estimate of drug-likeness (QED) is 0.202. The number of nitrogens with zero attached hydrogens (tertiary/aromatic N) is 5. The van der Waals surface area contributed by atoms with E-state index in [-0.39, 0.29) is 0 Å². The van der Waals surface area contributed by atoms with Gasteiger partial charge >= 0.3 is 0 Å². The van der Waals surface area contributed by atoms with E-state index in [1.165, 1.54) is 38.1 Å². The molecule has 5 heteroatoms. The molecule has 5 aromatic heterocycles. The molecule has 0 amide bonds. The molecule has 0 radical (unpaired) electrons. The van der Waals surface area contributed by atoms with Gasteiger partial charge in [-0.1, -0.05) is 54.6 Å². The van der Waals surface area contributed by atoms with E-state index in [0.29, 0.717) is 0 Å². The second-order valence-corrected chi connectivity index (χ2v) is 11.1. The molecule has 5 nitrogen and oxygen atoms in total. The standard InChI is InChI=1S/C38H23N5/c1-3-10-24(11-4-1)42-31-16-8-7-14-26(31)29-22-34-30(23-33(29)42)35-32(43(34)25-12-5-2-6-13-25)18-17-27-36-28(15-9-19-39-36)38-40-20-21-41(38)37(27)35/h1-23H. The van der Waals surface area contributed by atoms with Gasteiger partial charge in [0.2, 0.25) is 0 Å². The van der Waals surface area contributed by atoms with Crippen molar-refractivity contribution in [3.05, 3.63) is 140 Å². The van der Waals surface area contributed by atoms with Crippen molar-refractivity contribution in [1.29, 1.82) is 0 Å². The lowest BCUT2D eigenvalue weighted by Crippen LogP contribution is -1.95. The Morgan fingerprint density at radius 1 is 0.442 bits per heavy atom. The molecule has 0 aliphatic carbocycles. The molecule has 10 aromatic rings. The minimum atomic E-state index is 0.920. The molecule has 5 heterocycles. The first-order valence-electron chi connectivity index (χ1n) is 14.5. The van der Waals surface area contributed by atoms with Crippen LogP contribution in [0.3, 0.4) is 0 Å². The highest BCUT2D eigenvalue weighted by Gasteiger charge is 2.22. The van der Waals surface area contributed by atoms with Crippen LogP contribution in [0.1, 0.15) is 0 Å². The van der Waals surface area contributed by atoms with Crippen LogP contribution >= 0.6 is 0 Å². The van der Waals surface area contributed by atoms with E-state index in [1.807, 2.05) is 18.5 Å². The zero-order valence-corrected chi connectivity index (χ0v) is 23.0. The highest BCUT2D eigenvalue weighted by atomic mass is 15.0. The third kappa shape index (κ3) is 2.95. The van der Waals surface area contributed by atoms with Gasteiger partial charge in [0.25, 0.3) is 0 Å². The minimum Gasteiger partial charge on any atom is -0.309 e. The van der Waals surface area contributed by atoms with Gasteiger partial charge in [0.1, 0.15) is 5.65 Å². The summed E-state index contributed by atoms with van der Waals surface area (Å²) in [5.41, 5.74) is 10.0. The molecule has 0 N–H and O–H groups in total. The number of aromatic nitrogens is 5. The molecule has 0 atom stereocenters. The van der Waals surface area contributed by atoms with Crippen LogP contribution in [0.15, 0.2) is 140 Å². The Kier molecular flexibility index (Phi) is 4.39. The Bertz CT molecular complexity index is 2710. The maximum absolute atomic E-state index is 4.86. The van der Waals surface area contributed by atoms with Gasteiger partial charge < -0.3 is 9.13 Å². The smallest absolute Gasteiger partial charge is 0.146 e. The highest BCUT2D eigenvalue weighted by Crippen LogP contribution is 2.43. The van der Waals surface area contributed by atoms with Crippen LogP contribution in [0.5, 0.6) is 0 Å². The number of fused-ring (bicyclic) bond motifs is 13. The van der Waals surface area contributed by atoms with E-state index in [2.05, 4.69) is 135 Å². The predicted octanol–water partition coefficient (Wildman–Crippen LogP) is 9.23. The summed E-state index contributed by atoms with van der Waals surface area (Å²) in [5.74, 6) is 0. The van der Waals surface area contributed by atoms with Crippen molar-refractivity contribution in [1.82, 2.24) is 23.5 Å². The third-order valence-corrected chi connectivity index (χ3v) is 8.91. The van der Waals surface area contributed by atoms with Gasteiger partial charge in [-0.3, -0.25) is 9.38 Å². The summed E-state index contributed by atoms with van der Waals surface area (Å²) in [7, 11) is 0. The summed E-state index contributed by atoms with van der Waals surface area (Å²) in [6, 6.07) is 43.4. The normalized spacial score (nSPS) is 12.2. The summed E-state index contributed by atoms with van der Waals surface area (Å²) < 4.78 is 7.04. The monoisotopic (exact) mass is 549 g/mol. The van der Waals surface area contributed by atoms with Crippen molar-refractivity contribution in [3.63, 3.8) is 0 Å². The summed E-state index contributed by atoms with van der Waals surface area (Å²) in [4.78, 5) is 9.65. The number of imidazole rings is 1. The SMILES string of the molecule is c1ccc(-n2c3ccccc3c3cc4c(cc32)c2c(ccc3c5ncccc5c5nccn5c32)n4-c2ccccc2)cc1. The Morgan fingerprint density at radius 2 is 1.12 bits per heavy atom. The van der Waals surface area contributed by atoms with Crippen LogP contribution in [0.25, 0.3) is 82.4 Å². The number of benzene rings is 5. The number of para-hydroxylation sites is 3. The molecular formula is C38H23N5. The lowest BCUT2D eigenvalue weighted by Gasteiger charge is -2.10. The molecule has 5 aromatic carbocycles. The second-order valence-electron chi connectivity index (χ2n) is 11.1. The fraction of sp³-hybridized carbons (Fsp3) is 0. The molecule has 0 unspecified atom stereocenters. The third-order valence-electron chi connectivity index (χ3n) is 8.91. The topological polar surface area (TPSA) is 40.1 Å². The van der Waals surface area contributed by atoms with Gasteiger partial charge in [0.15, 0.2) is 0 Å². The van der Waals surface area contributed by atoms with Crippen LogP contribution in [0.4, 0.5) is 0 Å². The van der Waals surface area contributed by atoms with Crippen molar-refractivity contribution < 1.29 is 0 Å². The van der Waals surface area contributed by atoms with Crippen molar-refractivity contribution in [3.8, 4) is 11.4 Å².